The summed E-state index contributed by atoms with van der Waals surface area (Å²) >= 11 is 0. The van der Waals surface area contributed by atoms with Crippen molar-refractivity contribution in [2.75, 3.05) is 13.1 Å². The number of amides is 1. The smallest absolute Gasteiger partial charge is 0.277 e. The minimum absolute atomic E-state index is 0.114. The van der Waals surface area contributed by atoms with Gasteiger partial charge in [0.2, 0.25) is 5.91 Å². The molecule has 1 aromatic heterocycles. The van der Waals surface area contributed by atoms with Gasteiger partial charge in [-0.25, -0.2) is 4.68 Å². The average molecular weight is 420 g/mol. The summed E-state index contributed by atoms with van der Waals surface area (Å²) in [5.74, 6) is 0.714. The highest BCUT2D eigenvalue weighted by molar-refractivity contribution is 5.77. The van der Waals surface area contributed by atoms with Crippen molar-refractivity contribution >= 4 is 16.8 Å². The fourth-order valence-electron chi connectivity index (χ4n) is 3.98. The third-order valence-electron chi connectivity index (χ3n) is 5.94. The number of aryl methyl sites for hydroxylation is 1. The second-order valence-electron chi connectivity index (χ2n) is 8.44. The van der Waals surface area contributed by atoms with E-state index in [1.165, 1.54) is 23.1 Å². The Morgan fingerprint density at radius 2 is 1.87 bits per heavy atom. The van der Waals surface area contributed by atoms with E-state index in [0.29, 0.717) is 17.4 Å². The van der Waals surface area contributed by atoms with E-state index in [0.717, 1.165) is 31.1 Å². The Morgan fingerprint density at radius 1 is 1.10 bits per heavy atom. The molecule has 1 aliphatic heterocycles. The van der Waals surface area contributed by atoms with Gasteiger partial charge >= 0.3 is 0 Å². The summed E-state index contributed by atoms with van der Waals surface area (Å²) in [6.45, 7) is 6.26. The lowest BCUT2D eigenvalue weighted by atomic mass is 9.98. The van der Waals surface area contributed by atoms with Crippen LogP contribution in [-0.2, 0) is 24.4 Å². The zero-order valence-electron chi connectivity index (χ0n) is 18.0. The quantitative estimate of drug-likeness (QED) is 0.637. The molecule has 1 saturated heterocycles. The van der Waals surface area contributed by atoms with Crippen molar-refractivity contribution in [2.24, 2.45) is 5.92 Å². The van der Waals surface area contributed by atoms with Crippen molar-refractivity contribution in [1.82, 2.24) is 25.2 Å². The summed E-state index contributed by atoms with van der Waals surface area (Å²) in [4.78, 5) is 27.3. The van der Waals surface area contributed by atoms with Crippen molar-refractivity contribution < 1.29 is 4.79 Å². The molecule has 0 unspecified atom stereocenters. The fraction of sp³-hybridized carbons (Fsp3) is 0.417. The van der Waals surface area contributed by atoms with Crippen LogP contribution >= 0.6 is 0 Å². The van der Waals surface area contributed by atoms with Gasteiger partial charge in [0.15, 0.2) is 0 Å². The normalized spacial score (nSPS) is 15.3. The lowest BCUT2D eigenvalue weighted by molar-refractivity contribution is -0.121. The molecule has 7 nitrogen and oxygen atoms in total. The van der Waals surface area contributed by atoms with Crippen LogP contribution in [-0.4, -0.2) is 38.9 Å². The molecule has 162 valence electrons. The number of aromatic nitrogens is 3. The number of piperidine rings is 1. The number of carbonyl (C=O) groups excluding carboxylic acids is 1. The summed E-state index contributed by atoms with van der Waals surface area (Å²) in [5, 5.41) is 11.4. The number of fused-ring (bicyclic) bond motifs is 1. The molecule has 4 rings (SSSR count). The van der Waals surface area contributed by atoms with Gasteiger partial charge in [0.1, 0.15) is 5.52 Å². The number of benzene rings is 2. The standard InChI is InChI=1S/C24H29N5O2/c1-18-9-12-28(13-10-18)17-20-6-4-5-19(15-20)16-25-23(30)11-14-29-24(31)21-7-2-3-8-22(21)26-27-29/h2-8,15,18H,9-14,16-17H2,1H3,(H,25,30). The number of nitrogens with one attached hydrogen (secondary N) is 1. The highest BCUT2D eigenvalue weighted by atomic mass is 16.2. The van der Waals surface area contributed by atoms with Gasteiger partial charge in [-0.1, -0.05) is 48.5 Å². The van der Waals surface area contributed by atoms with Crippen molar-refractivity contribution in [3.05, 3.63) is 70.0 Å². The molecule has 31 heavy (non-hydrogen) atoms. The van der Waals surface area contributed by atoms with Gasteiger partial charge in [-0.2, -0.15) is 0 Å². The molecule has 0 radical (unpaired) electrons. The molecule has 1 N–H and O–H groups in total. The van der Waals surface area contributed by atoms with Crippen LogP contribution in [0.5, 0.6) is 0 Å². The predicted octanol–water partition coefficient (Wildman–Crippen LogP) is 2.73. The first-order valence-electron chi connectivity index (χ1n) is 11.0. The first kappa shape index (κ1) is 21.2. The highest BCUT2D eigenvalue weighted by Crippen LogP contribution is 2.18. The minimum atomic E-state index is -0.224. The average Bonchev–Trinajstić information content (AvgIpc) is 2.79. The van der Waals surface area contributed by atoms with Crippen LogP contribution in [0.4, 0.5) is 0 Å². The largest absolute Gasteiger partial charge is 0.352 e. The Kier molecular flexibility index (Phi) is 6.72. The van der Waals surface area contributed by atoms with E-state index in [4.69, 9.17) is 0 Å². The molecule has 1 amide bonds. The number of nitrogens with zero attached hydrogens (tertiary/aromatic N) is 4. The lowest BCUT2D eigenvalue weighted by Gasteiger charge is -2.30. The molecule has 0 atom stereocenters. The SMILES string of the molecule is CC1CCN(Cc2cccc(CNC(=O)CCn3nnc4ccccc4c3=O)c2)CC1. The van der Waals surface area contributed by atoms with Crippen LogP contribution in [0.1, 0.15) is 37.3 Å². The van der Waals surface area contributed by atoms with Crippen LogP contribution < -0.4 is 10.9 Å². The van der Waals surface area contributed by atoms with E-state index < -0.39 is 0 Å². The van der Waals surface area contributed by atoms with E-state index in [-0.39, 0.29) is 24.4 Å². The van der Waals surface area contributed by atoms with E-state index in [9.17, 15) is 9.59 Å². The lowest BCUT2D eigenvalue weighted by Crippen LogP contribution is -2.32. The molecule has 3 aromatic rings. The Bertz CT molecular complexity index is 1100. The van der Waals surface area contributed by atoms with Crippen LogP contribution in [0.25, 0.3) is 10.9 Å². The second-order valence-corrected chi connectivity index (χ2v) is 8.44. The number of hydrogen-bond donors (Lipinski definition) is 1. The van der Waals surface area contributed by atoms with Crippen molar-refractivity contribution in [1.29, 1.82) is 0 Å². The van der Waals surface area contributed by atoms with Gasteiger partial charge in [0, 0.05) is 19.5 Å². The van der Waals surface area contributed by atoms with E-state index in [1.54, 1.807) is 18.2 Å². The molecular formula is C24H29N5O2. The Hall–Kier alpha value is -3.06. The second kappa shape index (κ2) is 9.83. The fourth-order valence-corrected chi connectivity index (χ4v) is 3.98. The van der Waals surface area contributed by atoms with Crippen molar-refractivity contribution in [3.8, 4) is 0 Å². The van der Waals surface area contributed by atoms with Crippen LogP contribution in [0.3, 0.4) is 0 Å². The molecule has 1 fully saturated rings. The van der Waals surface area contributed by atoms with E-state index in [1.807, 2.05) is 18.2 Å². The third-order valence-corrected chi connectivity index (χ3v) is 5.94. The predicted molar refractivity (Wildman–Crippen MR) is 120 cm³/mol. The minimum Gasteiger partial charge on any atom is -0.352 e. The number of rotatable bonds is 7. The zero-order chi connectivity index (χ0) is 21.6. The van der Waals surface area contributed by atoms with Crippen LogP contribution in [0.15, 0.2) is 53.3 Å². The number of hydrogen-bond acceptors (Lipinski definition) is 5. The van der Waals surface area contributed by atoms with Crippen LogP contribution in [0.2, 0.25) is 0 Å². The van der Waals surface area contributed by atoms with Crippen LogP contribution in [0, 0.1) is 5.92 Å². The maximum absolute atomic E-state index is 12.5. The van der Waals surface area contributed by atoms with E-state index in [2.05, 4.69) is 39.6 Å². The third kappa shape index (κ3) is 5.55. The zero-order valence-corrected chi connectivity index (χ0v) is 18.0. The molecule has 7 heteroatoms. The van der Waals surface area contributed by atoms with Gasteiger partial charge < -0.3 is 5.32 Å². The monoisotopic (exact) mass is 419 g/mol. The molecule has 0 bridgehead atoms. The van der Waals surface area contributed by atoms with Gasteiger partial charge in [0.05, 0.1) is 11.9 Å². The van der Waals surface area contributed by atoms with Gasteiger partial charge in [-0.3, -0.25) is 14.5 Å². The number of likely N-dealkylation sites (tertiary alicyclic amines) is 1. The van der Waals surface area contributed by atoms with Crippen molar-refractivity contribution in [2.45, 2.75) is 45.8 Å². The van der Waals surface area contributed by atoms with E-state index >= 15 is 0 Å². The molecule has 1 aliphatic rings. The summed E-state index contributed by atoms with van der Waals surface area (Å²) in [6, 6.07) is 15.5. The van der Waals surface area contributed by atoms with Crippen molar-refractivity contribution in [3.63, 3.8) is 0 Å². The first-order valence-corrected chi connectivity index (χ1v) is 11.0. The number of carbonyl (C=O) groups is 1. The van der Waals surface area contributed by atoms with Gasteiger partial charge in [0.25, 0.3) is 5.56 Å². The Labute approximate surface area is 182 Å². The topological polar surface area (TPSA) is 80.1 Å². The Balaban J connectivity index is 1.28. The molecule has 0 aliphatic carbocycles. The maximum Gasteiger partial charge on any atom is 0.277 e. The summed E-state index contributed by atoms with van der Waals surface area (Å²) in [7, 11) is 0. The molecule has 2 aromatic carbocycles. The first-order chi connectivity index (χ1) is 15.1. The Morgan fingerprint density at radius 3 is 2.71 bits per heavy atom. The summed E-state index contributed by atoms with van der Waals surface area (Å²) < 4.78 is 1.25. The molecule has 2 heterocycles. The molecular weight excluding hydrogens is 390 g/mol. The van der Waals surface area contributed by atoms with Gasteiger partial charge in [-0.05, 0) is 55.1 Å². The maximum atomic E-state index is 12.5. The highest BCUT2D eigenvalue weighted by Gasteiger charge is 2.15. The molecule has 0 spiro atoms. The van der Waals surface area contributed by atoms with Gasteiger partial charge in [-0.15, -0.1) is 5.10 Å². The summed E-state index contributed by atoms with van der Waals surface area (Å²) in [5.41, 5.74) is 2.70. The molecule has 0 saturated carbocycles. The summed E-state index contributed by atoms with van der Waals surface area (Å²) in [6.07, 6.45) is 2.71.